The maximum Gasteiger partial charge on any atom is 0.0462 e. The van der Waals surface area contributed by atoms with Gasteiger partial charge in [-0.05, 0) is 42.2 Å². The Hall–Kier alpha value is -0.820. The van der Waals surface area contributed by atoms with Gasteiger partial charge in [-0.3, -0.25) is 0 Å². The molecule has 1 aromatic rings. The van der Waals surface area contributed by atoms with Crippen molar-refractivity contribution in [3.63, 3.8) is 0 Å². The van der Waals surface area contributed by atoms with Crippen LogP contribution in [0.4, 0.5) is 0 Å². The number of aliphatic hydroxyl groups is 1. The maximum absolute atomic E-state index is 9.21. The molecule has 0 aliphatic heterocycles. The number of fused-ring (bicyclic) bond motifs is 1. The number of hydrogen-bond donors (Lipinski definition) is 1. The van der Waals surface area contributed by atoms with Crippen molar-refractivity contribution >= 4 is 0 Å². The Morgan fingerprint density at radius 1 is 1.43 bits per heavy atom. The van der Waals surface area contributed by atoms with Gasteiger partial charge in [0.05, 0.1) is 0 Å². The first kappa shape index (κ1) is 9.72. The van der Waals surface area contributed by atoms with E-state index in [0.29, 0.717) is 18.4 Å². The summed E-state index contributed by atoms with van der Waals surface area (Å²) < 4.78 is 0. The third-order valence-electron chi connectivity index (χ3n) is 3.39. The fraction of sp³-hybridized carbons (Fsp3) is 0.538. The van der Waals surface area contributed by atoms with E-state index in [2.05, 4.69) is 31.2 Å². The lowest BCUT2D eigenvalue weighted by Crippen LogP contribution is -2.18. The van der Waals surface area contributed by atoms with Crippen molar-refractivity contribution < 1.29 is 5.11 Å². The van der Waals surface area contributed by atoms with Crippen molar-refractivity contribution in [3.8, 4) is 0 Å². The Labute approximate surface area is 85.8 Å². The topological polar surface area (TPSA) is 20.2 Å². The van der Waals surface area contributed by atoms with Crippen LogP contribution in [0.25, 0.3) is 0 Å². The molecular formula is C13H18O. The molecule has 0 radical (unpaired) electrons. The summed E-state index contributed by atoms with van der Waals surface area (Å²) in [7, 11) is 0. The molecule has 0 saturated carbocycles. The summed E-state index contributed by atoms with van der Waals surface area (Å²) in [6.45, 7) is 2.45. The van der Waals surface area contributed by atoms with Crippen LogP contribution in [0.3, 0.4) is 0 Å². The third-order valence-corrected chi connectivity index (χ3v) is 3.39. The smallest absolute Gasteiger partial charge is 0.0462 e. The van der Waals surface area contributed by atoms with Crippen molar-refractivity contribution in [2.24, 2.45) is 5.92 Å². The first-order chi connectivity index (χ1) is 6.83. The zero-order chi connectivity index (χ0) is 9.97. The molecule has 0 fully saturated rings. The minimum Gasteiger partial charge on any atom is -0.396 e. The van der Waals surface area contributed by atoms with Crippen LogP contribution in [0.2, 0.25) is 0 Å². The van der Waals surface area contributed by atoms with E-state index in [1.165, 1.54) is 30.4 Å². The van der Waals surface area contributed by atoms with Crippen LogP contribution in [0, 0.1) is 5.92 Å². The molecule has 2 atom stereocenters. The van der Waals surface area contributed by atoms with E-state index in [1.54, 1.807) is 0 Å². The summed E-state index contributed by atoms with van der Waals surface area (Å²) in [4.78, 5) is 0. The molecule has 76 valence electrons. The lowest BCUT2D eigenvalue weighted by Gasteiger charge is -2.29. The Kier molecular flexibility index (Phi) is 2.87. The highest BCUT2D eigenvalue weighted by molar-refractivity contribution is 5.32. The van der Waals surface area contributed by atoms with E-state index in [0.717, 1.165) is 0 Å². The number of hydrogen-bond acceptors (Lipinski definition) is 1. The summed E-state index contributed by atoms with van der Waals surface area (Å²) in [5.41, 5.74) is 2.96. The van der Waals surface area contributed by atoms with E-state index in [-0.39, 0.29) is 0 Å². The van der Waals surface area contributed by atoms with Crippen LogP contribution >= 0.6 is 0 Å². The lowest BCUT2D eigenvalue weighted by atomic mass is 9.77. The summed E-state index contributed by atoms with van der Waals surface area (Å²) in [5, 5.41) is 9.21. The van der Waals surface area contributed by atoms with Gasteiger partial charge in [0.15, 0.2) is 0 Å². The van der Waals surface area contributed by atoms with Gasteiger partial charge in [0.1, 0.15) is 0 Å². The minimum atomic E-state index is 0.305. The molecule has 14 heavy (non-hydrogen) atoms. The minimum absolute atomic E-state index is 0.305. The van der Waals surface area contributed by atoms with Crippen LogP contribution in [-0.4, -0.2) is 11.7 Å². The first-order valence-electron chi connectivity index (χ1n) is 5.51. The molecule has 1 unspecified atom stereocenters. The van der Waals surface area contributed by atoms with Gasteiger partial charge >= 0.3 is 0 Å². The van der Waals surface area contributed by atoms with Gasteiger partial charge in [-0.25, -0.2) is 0 Å². The molecule has 1 aliphatic carbocycles. The quantitative estimate of drug-likeness (QED) is 0.760. The molecule has 0 aromatic heterocycles. The molecule has 0 bridgehead atoms. The van der Waals surface area contributed by atoms with Crippen molar-refractivity contribution in [1.29, 1.82) is 0 Å². The number of rotatable bonds is 2. The van der Waals surface area contributed by atoms with E-state index in [1.807, 2.05) is 0 Å². The molecular weight excluding hydrogens is 172 g/mol. The predicted molar refractivity (Wildman–Crippen MR) is 58.4 cm³/mol. The van der Waals surface area contributed by atoms with E-state index in [9.17, 15) is 5.11 Å². The zero-order valence-electron chi connectivity index (χ0n) is 8.74. The van der Waals surface area contributed by atoms with Gasteiger partial charge in [0.2, 0.25) is 0 Å². The highest BCUT2D eigenvalue weighted by Gasteiger charge is 2.23. The number of aliphatic hydroxyl groups excluding tert-OH is 1. The molecule has 0 saturated heterocycles. The number of benzene rings is 1. The molecule has 0 spiro atoms. The Morgan fingerprint density at radius 2 is 2.21 bits per heavy atom. The SMILES string of the molecule is CC(CO)[C@H]1CCCc2ccccc21. The zero-order valence-corrected chi connectivity index (χ0v) is 8.74. The summed E-state index contributed by atoms with van der Waals surface area (Å²) in [6, 6.07) is 8.68. The summed E-state index contributed by atoms with van der Waals surface area (Å²) in [6.07, 6.45) is 3.72. The fourth-order valence-corrected chi connectivity index (χ4v) is 2.51. The second-order valence-electron chi connectivity index (χ2n) is 4.36. The molecule has 0 heterocycles. The number of aryl methyl sites for hydroxylation is 1. The molecule has 1 aromatic carbocycles. The normalized spacial score (nSPS) is 22.9. The summed E-state index contributed by atoms with van der Waals surface area (Å²) in [5.74, 6) is 0.974. The van der Waals surface area contributed by atoms with Gasteiger partial charge in [-0.2, -0.15) is 0 Å². The van der Waals surface area contributed by atoms with Crippen LogP contribution in [-0.2, 0) is 6.42 Å². The van der Waals surface area contributed by atoms with Gasteiger partial charge in [-0.1, -0.05) is 31.2 Å². The summed E-state index contributed by atoms with van der Waals surface area (Å²) >= 11 is 0. The molecule has 1 nitrogen and oxygen atoms in total. The van der Waals surface area contributed by atoms with Crippen molar-refractivity contribution in [3.05, 3.63) is 35.4 Å². The third kappa shape index (κ3) is 1.69. The molecule has 1 aliphatic rings. The Balaban J connectivity index is 2.30. The predicted octanol–water partition coefficient (Wildman–Crippen LogP) is 2.73. The highest BCUT2D eigenvalue weighted by Crippen LogP contribution is 2.36. The van der Waals surface area contributed by atoms with Gasteiger partial charge in [0, 0.05) is 6.61 Å². The average Bonchev–Trinajstić information content (AvgIpc) is 2.27. The largest absolute Gasteiger partial charge is 0.396 e. The van der Waals surface area contributed by atoms with Crippen molar-refractivity contribution in [2.75, 3.05) is 6.61 Å². The second-order valence-corrected chi connectivity index (χ2v) is 4.36. The van der Waals surface area contributed by atoms with Crippen molar-refractivity contribution in [2.45, 2.75) is 32.1 Å². The van der Waals surface area contributed by atoms with Crippen LogP contribution < -0.4 is 0 Å². The first-order valence-corrected chi connectivity index (χ1v) is 5.51. The maximum atomic E-state index is 9.21. The Morgan fingerprint density at radius 3 is 3.00 bits per heavy atom. The molecule has 1 N–H and O–H groups in total. The van der Waals surface area contributed by atoms with Gasteiger partial charge in [-0.15, -0.1) is 0 Å². The standard InChI is InChI=1S/C13H18O/c1-10(9-14)12-8-4-6-11-5-2-3-7-13(11)12/h2-3,5,7,10,12,14H,4,6,8-9H2,1H3/t10?,12-/m1/s1. The van der Waals surface area contributed by atoms with E-state index < -0.39 is 0 Å². The van der Waals surface area contributed by atoms with Crippen LogP contribution in [0.1, 0.15) is 36.8 Å². The fourth-order valence-electron chi connectivity index (χ4n) is 2.51. The van der Waals surface area contributed by atoms with Crippen LogP contribution in [0.5, 0.6) is 0 Å². The molecule has 1 heteroatoms. The second kappa shape index (κ2) is 4.14. The van der Waals surface area contributed by atoms with Crippen molar-refractivity contribution in [1.82, 2.24) is 0 Å². The average molecular weight is 190 g/mol. The Bertz CT molecular complexity index is 306. The molecule has 2 rings (SSSR count). The highest BCUT2D eigenvalue weighted by atomic mass is 16.3. The monoisotopic (exact) mass is 190 g/mol. The lowest BCUT2D eigenvalue weighted by molar-refractivity contribution is 0.208. The van der Waals surface area contributed by atoms with Gasteiger partial charge in [0.25, 0.3) is 0 Å². The molecule has 0 amide bonds. The van der Waals surface area contributed by atoms with Crippen LogP contribution in [0.15, 0.2) is 24.3 Å². The van der Waals surface area contributed by atoms with Gasteiger partial charge < -0.3 is 5.11 Å². The van der Waals surface area contributed by atoms with E-state index in [4.69, 9.17) is 0 Å². The van der Waals surface area contributed by atoms with E-state index >= 15 is 0 Å².